The highest BCUT2D eigenvalue weighted by Gasteiger charge is 2.39. The van der Waals surface area contributed by atoms with Crippen LogP contribution < -0.4 is 16.6 Å². The molecule has 2 amide bonds. The van der Waals surface area contributed by atoms with Crippen LogP contribution in [-0.2, 0) is 9.59 Å². The quantitative estimate of drug-likeness (QED) is 0.723. The number of nitrogens with zero attached hydrogens (tertiary/aromatic N) is 2. The minimum absolute atomic E-state index is 0.212. The minimum atomic E-state index is -0.880. The first-order chi connectivity index (χ1) is 12.0. The predicted molar refractivity (Wildman–Crippen MR) is 89.9 cm³/mol. The first kappa shape index (κ1) is 16.8. The smallest absolute Gasteiger partial charge is 0.273 e. The number of amides is 2. The molecule has 1 aliphatic carbocycles. The predicted octanol–water partition coefficient (Wildman–Crippen LogP) is 0.0434. The van der Waals surface area contributed by atoms with Crippen molar-refractivity contribution in [2.75, 3.05) is 5.32 Å². The Morgan fingerprint density at radius 3 is 2.56 bits per heavy atom. The number of rotatable bonds is 4. The van der Waals surface area contributed by atoms with E-state index in [0.717, 1.165) is 0 Å². The van der Waals surface area contributed by atoms with Crippen molar-refractivity contribution in [3.8, 4) is 5.69 Å². The second-order valence-corrected chi connectivity index (χ2v) is 6.07. The van der Waals surface area contributed by atoms with Gasteiger partial charge >= 0.3 is 0 Å². The summed E-state index contributed by atoms with van der Waals surface area (Å²) in [4.78, 5) is 39.0. The van der Waals surface area contributed by atoms with E-state index < -0.39 is 23.8 Å². The number of aliphatic hydroxyl groups excluding tert-OH is 1. The summed E-state index contributed by atoms with van der Waals surface area (Å²) < 4.78 is 1.43. The topological polar surface area (TPSA) is 127 Å². The summed E-state index contributed by atoms with van der Waals surface area (Å²) >= 11 is 0. The van der Waals surface area contributed by atoms with E-state index in [0.29, 0.717) is 11.4 Å². The molecule has 0 bridgehead atoms. The third kappa shape index (κ3) is 3.58. The van der Waals surface area contributed by atoms with Crippen LogP contribution in [0.5, 0.6) is 0 Å². The van der Waals surface area contributed by atoms with Crippen LogP contribution in [-0.4, -0.2) is 32.6 Å². The first-order valence-corrected chi connectivity index (χ1v) is 7.87. The zero-order valence-corrected chi connectivity index (χ0v) is 13.3. The summed E-state index contributed by atoms with van der Waals surface area (Å²) in [5, 5.41) is 12.6. The highest BCUT2D eigenvalue weighted by molar-refractivity contribution is 5.93. The van der Waals surface area contributed by atoms with Gasteiger partial charge in [0.15, 0.2) is 0 Å². The Morgan fingerprint density at radius 2 is 1.96 bits per heavy atom. The molecule has 130 valence electrons. The van der Waals surface area contributed by atoms with E-state index in [1.807, 2.05) is 0 Å². The summed E-state index contributed by atoms with van der Waals surface area (Å²) in [6, 6.07) is 6.76. The lowest BCUT2D eigenvalue weighted by Crippen LogP contribution is -2.29. The van der Waals surface area contributed by atoms with Crippen molar-refractivity contribution >= 4 is 17.5 Å². The highest BCUT2D eigenvalue weighted by Crippen LogP contribution is 2.32. The van der Waals surface area contributed by atoms with Crippen LogP contribution in [0.3, 0.4) is 0 Å². The van der Waals surface area contributed by atoms with Crippen molar-refractivity contribution in [3.05, 3.63) is 53.2 Å². The van der Waals surface area contributed by atoms with Crippen molar-refractivity contribution in [2.45, 2.75) is 18.9 Å². The molecule has 8 heteroatoms. The van der Waals surface area contributed by atoms with Gasteiger partial charge in [0.1, 0.15) is 0 Å². The van der Waals surface area contributed by atoms with Crippen LogP contribution in [0.1, 0.15) is 12.8 Å². The Kier molecular flexibility index (Phi) is 4.62. The summed E-state index contributed by atoms with van der Waals surface area (Å²) in [6.07, 6.45) is 3.86. The number of hydrogen-bond acceptors (Lipinski definition) is 5. The van der Waals surface area contributed by atoms with Crippen molar-refractivity contribution < 1.29 is 14.7 Å². The second kappa shape index (κ2) is 6.86. The Morgan fingerprint density at radius 1 is 1.24 bits per heavy atom. The fraction of sp³-hybridized carbons (Fsp3) is 0.294. The molecule has 1 aliphatic rings. The van der Waals surface area contributed by atoms with E-state index in [1.54, 1.807) is 30.5 Å². The van der Waals surface area contributed by atoms with Crippen molar-refractivity contribution in [1.29, 1.82) is 0 Å². The van der Waals surface area contributed by atoms with E-state index in [4.69, 9.17) is 5.73 Å². The molecule has 0 radical (unpaired) electrons. The maximum atomic E-state index is 12.3. The maximum Gasteiger partial charge on any atom is 0.273 e. The molecule has 2 aromatic rings. The number of nitrogens with two attached hydrogens (primary N) is 1. The molecular weight excluding hydrogens is 324 g/mol. The zero-order chi connectivity index (χ0) is 18.0. The van der Waals surface area contributed by atoms with Gasteiger partial charge in [0.25, 0.3) is 5.56 Å². The van der Waals surface area contributed by atoms with Gasteiger partial charge in [0.2, 0.25) is 11.8 Å². The molecule has 0 aliphatic heterocycles. The summed E-state index contributed by atoms with van der Waals surface area (Å²) in [7, 11) is 0. The van der Waals surface area contributed by atoms with Crippen molar-refractivity contribution in [1.82, 2.24) is 9.55 Å². The highest BCUT2D eigenvalue weighted by atomic mass is 16.3. The van der Waals surface area contributed by atoms with E-state index in [2.05, 4.69) is 10.3 Å². The number of aliphatic hydroxyl groups is 1. The minimum Gasteiger partial charge on any atom is -0.392 e. The number of carbonyl (C=O) groups is 2. The number of primary amides is 1. The van der Waals surface area contributed by atoms with E-state index in [9.17, 15) is 19.5 Å². The average molecular weight is 342 g/mol. The summed E-state index contributed by atoms with van der Waals surface area (Å²) in [5.74, 6) is -2.00. The number of hydrogen-bond donors (Lipinski definition) is 3. The van der Waals surface area contributed by atoms with Crippen LogP contribution in [0.2, 0.25) is 0 Å². The van der Waals surface area contributed by atoms with Gasteiger partial charge in [0.05, 0.1) is 18.2 Å². The maximum absolute atomic E-state index is 12.3. The zero-order valence-electron chi connectivity index (χ0n) is 13.3. The van der Waals surface area contributed by atoms with Crippen LogP contribution in [0.4, 0.5) is 5.69 Å². The Labute approximate surface area is 143 Å². The van der Waals surface area contributed by atoms with Crippen LogP contribution in [0.15, 0.2) is 47.7 Å². The van der Waals surface area contributed by atoms with Crippen molar-refractivity contribution in [2.24, 2.45) is 17.6 Å². The lowest BCUT2D eigenvalue weighted by Gasteiger charge is -2.11. The third-order valence-corrected chi connectivity index (χ3v) is 4.40. The summed E-state index contributed by atoms with van der Waals surface area (Å²) in [6.45, 7) is 0. The average Bonchev–Trinajstić information content (AvgIpc) is 2.98. The Hall–Kier alpha value is -3.00. The van der Waals surface area contributed by atoms with Crippen LogP contribution in [0.25, 0.3) is 5.69 Å². The molecule has 25 heavy (non-hydrogen) atoms. The van der Waals surface area contributed by atoms with Crippen molar-refractivity contribution in [3.63, 3.8) is 0 Å². The molecule has 3 rings (SSSR count). The van der Waals surface area contributed by atoms with Gasteiger partial charge in [-0.3, -0.25) is 23.9 Å². The SMILES string of the molecule is NC(=O)[C@H]1C[C@@H](C(=O)Nc2ccc(-n3ccncc3=O)cc2)C[C@@H]1O. The molecule has 8 nitrogen and oxygen atoms in total. The largest absolute Gasteiger partial charge is 0.392 e. The van der Waals surface area contributed by atoms with Gasteiger partial charge in [-0.05, 0) is 37.1 Å². The Balaban J connectivity index is 1.68. The molecule has 4 N–H and O–H groups in total. The molecule has 0 saturated heterocycles. The second-order valence-electron chi connectivity index (χ2n) is 6.07. The fourth-order valence-electron chi connectivity index (χ4n) is 3.05. The van der Waals surface area contributed by atoms with E-state index >= 15 is 0 Å². The van der Waals surface area contributed by atoms with E-state index in [1.165, 1.54) is 17.0 Å². The molecular formula is C17H18N4O4. The monoisotopic (exact) mass is 342 g/mol. The van der Waals surface area contributed by atoms with Gasteiger partial charge in [-0.25, -0.2) is 0 Å². The molecule has 1 fully saturated rings. The molecule has 0 unspecified atom stereocenters. The third-order valence-electron chi connectivity index (χ3n) is 4.40. The fourth-order valence-corrected chi connectivity index (χ4v) is 3.05. The molecule has 1 aromatic carbocycles. The van der Waals surface area contributed by atoms with Crippen LogP contribution >= 0.6 is 0 Å². The first-order valence-electron chi connectivity index (χ1n) is 7.87. The molecule has 3 atom stereocenters. The molecule has 0 spiro atoms. The normalized spacial score (nSPS) is 22.5. The number of benzene rings is 1. The molecule has 1 aromatic heterocycles. The van der Waals surface area contributed by atoms with Gasteiger partial charge < -0.3 is 16.2 Å². The Bertz CT molecular complexity index is 846. The standard InChI is InChI=1S/C17H18N4O4/c18-16(24)13-7-10(8-14(13)22)17(25)20-11-1-3-12(4-2-11)21-6-5-19-9-15(21)23/h1-6,9-10,13-14,22H,7-8H2,(H2,18,24)(H,20,25)/t10-,13+,14+/m1/s1. The number of anilines is 1. The van der Waals surface area contributed by atoms with E-state index in [-0.39, 0.29) is 24.3 Å². The molecule has 1 saturated carbocycles. The summed E-state index contributed by atoms with van der Waals surface area (Å²) in [5.41, 5.74) is 6.18. The lowest BCUT2D eigenvalue weighted by atomic mass is 10.0. The van der Waals surface area contributed by atoms with Crippen LogP contribution in [0, 0.1) is 11.8 Å². The number of nitrogens with one attached hydrogen (secondary N) is 1. The lowest BCUT2D eigenvalue weighted by molar-refractivity contribution is -0.124. The van der Waals surface area contributed by atoms with Gasteiger partial charge in [-0.1, -0.05) is 0 Å². The number of carbonyl (C=O) groups excluding carboxylic acids is 2. The number of aromatic nitrogens is 2. The van der Waals surface area contributed by atoms with Gasteiger partial charge in [0, 0.05) is 29.7 Å². The van der Waals surface area contributed by atoms with Gasteiger partial charge in [-0.15, -0.1) is 0 Å². The molecule has 1 heterocycles. The van der Waals surface area contributed by atoms with Gasteiger partial charge in [-0.2, -0.15) is 0 Å².